The van der Waals surface area contributed by atoms with Gasteiger partial charge in [0.1, 0.15) is 39.1 Å². The lowest BCUT2D eigenvalue weighted by atomic mass is 10.1. The van der Waals surface area contributed by atoms with Crippen LogP contribution in [0.15, 0.2) is 267 Å². The maximum absolute atomic E-state index is 12.7. The number of benzene rings is 7. The molecule has 0 spiro atoms. The highest BCUT2D eigenvalue weighted by Crippen LogP contribution is 2.34. The molecule has 0 radical (unpaired) electrons. The highest BCUT2D eigenvalue weighted by atomic mass is 32.2. The normalized spacial score (nSPS) is 12.4. The van der Waals surface area contributed by atoms with Crippen molar-refractivity contribution in [2.45, 2.75) is 32.2 Å². The van der Waals surface area contributed by atoms with E-state index in [1.54, 1.807) is 60.6 Å². The van der Waals surface area contributed by atoms with Gasteiger partial charge in [-0.15, -0.1) is 0 Å². The molecule has 121 heavy (non-hydrogen) atoms. The summed E-state index contributed by atoms with van der Waals surface area (Å²) in [4.78, 5) is 62.3. The number of aromatic nitrogens is 16. The van der Waals surface area contributed by atoms with E-state index < -0.39 is 9.84 Å². The van der Waals surface area contributed by atoms with Gasteiger partial charge in [-0.2, -0.15) is 20.4 Å². The minimum atomic E-state index is -2.92. The van der Waals surface area contributed by atoms with E-state index in [0.717, 1.165) is 117 Å². The SMILES string of the molecule is C=C(Cc1noc2cc(Nc3n[nH]c4cccnc34)ccc12)N1CCS(=O)(=O)CC1.CN(C(=O)Cc1noc2cc(Nc3n[nH]c4cccnc34)ccc12)c1ccccc1.CN(C(=O)Cc1noc2cc(Nc3n[nH]c4cccnc34)ccc12)c1ccccc1.CN(Cc1ccccc1)C(=O)Cc1noc2cc(Nc3n[nH]c4cccnc34)ccc12. The molecular formula is C87H76N24O9S. The van der Waals surface area contributed by atoms with Crippen LogP contribution in [0.25, 0.3) is 88.0 Å². The minimum absolute atomic E-state index is 0.0182. The lowest BCUT2D eigenvalue weighted by Gasteiger charge is -2.30. The molecule has 604 valence electrons. The number of pyridine rings is 4. The number of H-pyrrole nitrogens is 4. The Morgan fingerprint density at radius 2 is 0.702 bits per heavy atom. The Labute approximate surface area is 688 Å². The second-order valence-corrected chi connectivity index (χ2v) is 30.8. The monoisotopic (exact) mass is 1630 g/mol. The van der Waals surface area contributed by atoms with Crippen molar-refractivity contribution in [3.05, 3.63) is 278 Å². The number of hydrogen-bond acceptors (Lipinski definition) is 26. The van der Waals surface area contributed by atoms with E-state index in [9.17, 15) is 22.8 Å². The number of para-hydroxylation sites is 2. The molecule has 7 aromatic carbocycles. The van der Waals surface area contributed by atoms with Gasteiger partial charge in [-0.05, 0) is 127 Å². The zero-order valence-electron chi connectivity index (χ0n) is 65.3. The predicted molar refractivity (Wildman–Crippen MR) is 462 cm³/mol. The second-order valence-electron chi connectivity index (χ2n) is 28.5. The number of fused-ring (bicyclic) bond motifs is 8. The van der Waals surface area contributed by atoms with Crippen LogP contribution in [0.4, 0.5) is 57.4 Å². The number of rotatable bonds is 21. The van der Waals surface area contributed by atoms with Gasteiger partial charge in [0.25, 0.3) is 0 Å². The third-order valence-electron chi connectivity index (χ3n) is 20.4. The van der Waals surface area contributed by atoms with E-state index in [4.69, 9.17) is 18.1 Å². The molecule has 1 saturated heterocycles. The maximum atomic E-state index is 12.7. The van der Waals surface area contributed by atoms with E-state index in [0.29, 0.717) is 88.7 Å². The Balaban J connectivity index is 0.000000115. The number of allylic oxidation sites excluding steroid dienone is 1. The van der Waals surface area contributed by atoms with Gasteiger partial charge in [-0.3, -0.25) is 54.7 Å². The summed E-state index contributed by atoms with van der Waals surface area (Å²) < 4.78 is 45.2. The quantitative estimate of drug-likeness (QED) is 0.0331. The fraction of sp³-hybridized carbons (Fsp3) is 0.138. The maximum Gasteiger partial charge on any atom is 0.232 e. The van der Waals surface area contributed by atoms with E-state index in [1.165, 1.54) is 0 Å². The number of hydrogen-bond donors (Lipinski definition) is 8. The lowest BCUT2D eigenvalue weighted by Crippen LogP contribution is -2.39. The van der Waals surface area contributed by atoms with E-state index in [1.807, 2.05) is 217 Å². The van der Waals surface area contributed by atoms with Crippen LogP contribution in [0.2, 0.25) is 0 Å². The van der Waals surface area contributed by atoms with Crippen molar-refractivity contribution in [3.8, 4) is 0 Å². The number of anilines is 10. The highest BCUT2D eigenvalue weighted by Gasteiger charge is 2.26. The van der Waals surface area contributed by atoms with Gasteiger partial charge >= 0.3 is 0 Å². The van der Waals surface area contributed by atoms with Crippen LogP contribution in [-0.2, 0) is 56.4 Å². The molecule has 0 unspecified atom stereocenters. The molecule has 20 rings (SSSR count). The molecule has 1 fully saturated rings. The first-order valence-electron chi connectivity index (χ1n) is 38.4. The largest absolute Gasteiger partial charge is 0.373 e. The lowest BCUT2D eigenvalue weighted by molar-refractivity contribution is -0.129. The number of sulfone groups is 1. The first-order chi connectivity index (χ1) is 59.0. The topological polar surface area (TPSA) is 417 Å². The summed E-state index contributed by atoms with van der Waals surface area (Å²) in [6.07, 6.45) is 7.88. The number of amides is 3. The van der Waals surface area contributed by atoms with Gasteiger partial charge in [0.15, 0.2) is 55.4 Å². The third kappa shape index (κ3) is 17.6. The molecule has 34 heteroatoms. The Kier molecular flexibility index (Phi) is 22.1. The molecule has 0 aliphatic carbocycles. The van der Waals surface area contributed by atoms with Crippen molar-refractivity contribution >= 4 is 173 Å². The summed E-state index contributed by atoms with van der Waals surface area (Å²) in [7, 11) is 2.38. The number of likely N-dealkylation sites (N-methyl/N-ethyl adjacent to an activating group) is 3. The van der Waals surface area contributed by atoms with Crippen molar-refractivity contribution in [3.63, 3.8) is 0 Å². The van der Waals surface area contributed by atoms with Crippen molar-refractivity contribution in [2.75, 3.05) is 76.8 Å². The molecule has 0 atom stereocenters. The summed E-state index contributed by atoms with van der Waals surface area (Å²) in [5.74, 6) is 2.71. The second kappa shape index (κ2) is 34.4. The Morgan fingerprint density at radius 1 is 0.397 bits per heavy atom. The Hall–Kier alpha value is -16.0. The van der Waals surface area contributed by atoms with Crippen LogP contribution in [0.5, 0.6) is 0 Å². The molecule has 19 aromatic rings. The fourth-order valence-corrected chi connectivity index (χ4v) is 15.0. The molecule has 12 aromatic heterocycles. The predicted octanol–water partition coefficient (Wildman–Crippen LogP) is 14.8. The molecule has 1 aliphatic rings. The van der Waals surface area contributed by atoms with Gasteiger partial charge in [0.05, 0.1) is 58.5 Å². The number of carbonyl (C=O) groups is 3. The Morgan fingerprint density at radius 3 is 1.03 bits per heavy atom. The van der Waals surface area contributed by atoms with Gasteiger partial charge in [-0.25, -0.2) is 8.42 Å². The average Bonchev–Trinajstić information content (AvgIpc) is 1.67. The van der Waals surface area contributed by atoms with Crippen LogP contribution in [0.3, 0.4) is 0 Å². The van der Waals surface area contributed by atoms with Crippen molar-refractivity contribution in [1.29, 1.82) is 0 Å². The summed E-state index contributed by atoms with van der Waals surface area (Å²) in [5.41, 5.74) is 18.3. The number of carbonyl (C=O) groups excluding carboxylic acids is 3. The van der Waals surface area contributed by atoms with E-state index in [2.05, 4.69) is 109 Å². The van der Waals surface area contributed by atoms with Crippen LogP contribution in [0.1, 0.15) is 28.3 Å². The number of nitrogens with one attached hydrogen (secondary N) is 8. The van der Waals surface area contributed by atoms with Crippen LogP contribution in [-0.4, -0.2) is 163 Å². The van der Waals surface area contributed by atoms with Gasteiger partial charge in [-0.1, -0.05) is 93.9 Å². The number of nitrogens with zero attached hydrogens (tertiary/aromatic N) is 16. The summed E-state index contributed by atoms with van der Waals surface area (Å²) in [6.45, 7) is 5.61. The minimum Gasteiger partial charge on any atom is -0.373 e. The van der Waals surface area contributed by atoms with Gasteiger partial charge in [0, 0.05) is 158 Å². The molecule has 8 N–H and O–H groups in total. The highest BCUT2D eigenvalue weighted by molar-refractivity contribution is 7.91. The molecule has 0 saturated carbocycles. The van der Waals surface area contributed by atoms with Gasteiger partial charge in [0.2, 0.25) is 17.7 Å². The van der Waals surface area contributed by atoms with E-state index >= 15 is 0 Å². The Bertz CT molecular complexity index is 6860. The average molecular weight is 1630 g/mol. The fourth-order valence-electron chi connectivity index (χ4n) is 13.8. The molecule has 33 nitrogen and oxygen atoms in total. The van der Waals surface area contributed by atoms with Crippen LogP contribution >= 0.6 is 0 Å². The van der Waals surface area contributed by atoms with Crippen LogP contribution < -0.4 is 31.1 Å². The van der Waals surface area contributed by atoms with E-state index in [-0.39, 0.29) is 48.5 Å². The zero-order valence-corrected chi connectivity index (χ0v) is 66.1. The molecule has 13 heterocycles. The molecular weight excluding hydrogens is 1560 g/mol. The summed E-state index contributed by atoms with van der Waals surface area (Å²) in [6, 6.07) is 66.6. The van der Waals surface area contributed by atoms with Crippen LogP contribution in [0, 0.1) is 0 Å². The molecule has 3 amide bonds. The smallest absolute Gasteiger partial charge is 0.232 e. The van der Waals surface area contributed by atoms with Crippen molar-refractivity contribution in [1.82, 2.24) is 91.2 Å². The summed E-state index contributed by atoms with van der Waals surface area (Å²) >= 11 is 0. The standard InChI is InChI=1S/C23H20N6O2.2C22H18N6O2.C20H20N6O3S/c1-29(14-15-6-3-2-4-7-15)21(30)13-19-17-10-9-16(12-20(17)31-28-19)25-23-22-18(26-27-23)8-5-11-24-22;2*1-28(15-6-3-2-4-7-15)20(29)13-18-16-10-9-14(12-19(16)30-27-18)24-22-21-17(25-26-22)8-5-11-23-21;1-13(26-7-9-30(27,28)10-8-26)11-17-15-5-4-14(12-18(15)29-25-17)22-20-19-16(23-24-20)3-2-6-21-19/h2-12H,13-14H2,1H3,(H2,25,26,27);2*2-12H,13H2,1H3,(H2,24,25,26);2-6,12H,1,7-11H2,(H2,22,23,24). The zero-order chi connectivity index (χ0) is 82.9. The first-order valence-corrected chi connectivity index (χ1v) is 40.2. The summed E-state index contributed by atoms with van der Waals surface area (Å²) in [5, 5.41) is 61.7. The number of aromatic amines is 4. The molecule has 0 bridgehead atoms. The molecule has 1 aliphatic heterocycles. The van der Waals surface area contributed by atoms with Crippen molar-refractivity contribution in [2.24, 2.45) is 0 Å². The van der Waals surface area contributed by atoms with Crippen molar-refractivity contribution < 1.29 is 40.9 Å². The van der Waals surface area contributed by atoms with Gasteiger partial charge < -0.3 is 59.0 Å². The first kappa shape index (κ1) is 77.6. The third-order valence-corrected chi connectivity index (χ3v) is 22.0.